The van der Waals surface area contributed by atoms with Gasteiger partial charge in [-0.15, -0.1) is 0 Å². The number of nitrogens with two attached hydrogens (primary N) is 2. The Morgan fingerprint density at radius 1 is 1.21 bits per heavy atom. The van der Waals surface area contributed by atoms with E-state index in [0.29, 0.717) is 32.7 Å². The number of nitrogens with zero attached hydrogens (tertiary/aromatic N) is 3. The standard InChI is InChI=1S/C16H18BCl2N5/c1-16(21)5-7-24(8-6-16)15-13(17)22-12(14(20)23-15)9-3-2-4-10(18)11(9)19/h2-4H,5-8,21H2,1H3,(H2,20,23). The van der Waals surface area contributed by atoms with Gasteiger partial charge in [0.1, 0.15) is 19.4 Å². The summed E-state index contributed by atoms with van der Waals surface area (Å²) in [5.41, 5.74) is 13.5. The van der Waals surface area contributed by atoms with E-state index in [1.807, 2.05) is 0 Å². The second kappa shape index (κ2) is 6.43. The second-order valence-corrected chi connectivity index (χ2v) is 7.19. The number of benzene rings is 1. The Labute approximate surface area is 152 Å². The maximum Gasteiger partial charge on any atom is 0.152 e. The van der Waals surface area contributed by atoms with Crippen LogP contribution in [0.3, 0.4) is 0 Å². The van der Waals surface area contributed by atoms with Crippen molar-refractivity contribution in [1.29, 1.82) is 0 Å². The van der Waals surface area contributed by atoms with E-state index in [-0.39, 0.29) is 11.4 Å². The number of anilines is 2. The molecule has 124 valence electrons. The molecule has 0 amide bonds. The van der Waals surface area contributed by atoms with Gasteiger partial charge in [-0.05, 0) is 25.8 Å². The summed E-state index contributed by atoms with van der Waals surface area (Å²) in [5, 5.41) is 0.806. The van der Waals surface area contributed by atoms with E-state index < -0.39 is 0 Å². The molecule has 1 aromatic heterocycles. The largest absolute Gasteiger partial charge is 0.382 e. The molecule has 0 bridgehead atoms. The van der Waals surface area contributed by atoms with E-state index in [9.17, 15) is 0 Å². The Hall–Kier alpha value is -1.50. The molecule has 2 radical (unpaired) electrons. The van der Waals surface area contributed by atoms with Gasteiger partial charge in [-0.1, -0.05) is 35.3 Å². The second-order valence-electron chi connectivity index (χ2n) is 6.41. The van der Waals surface area contributed by atoms with E-state index in [1.54, 1.807) is 18.2 Å². The number of halogens is 2. The van der Waals surface area contributed by atoms with E-state index >= 15 is 0 Å². The molecule has 0 atom stereocenters. The molecule has 4 N–H and O–H groups in total. The first-order chi connectivity index (χ1) is 11.3. The number of aromatic nitrogens is 2. The molecule has 2 heterocycles. The lowest BCUT2D eigenvalue weighted by atomic mass is 9.90. The topological polar surface area (TPSA) is 81.1 Å². The number of hydrogen-bond acceptors (Lipinski definition) is 5. The quantitative estimate of drug-likeness (QED) is 0.801. The highest BCUT2D eigenvalue weighted by Gasteiger charge is 2.28. The predicted molar refractivity (Wildman–Crippen MR) is 101 cm³/mol. The van der Waals surface area contributed by atoms with Crippen molar-refractivity contribution in [2.45, 2.75) is 25.3 Å². The van der Waals surface area contributed by atoms with Crippen molar-refractivity contribution < 1.29 is 0 Å². The summed E-state index contributed by atoms with van der Waals surface area (Å²) in [4.78, 5) is 11.0. The Balaban J connectivity index is 1.96. The number of piperidine rings is 1. The maximum absolute atomic E-state index is 6.25. The highest BCUT2D eigenvalue weighted by molar-refractivity contribution is 6.43. The molecule has 1 fully saturated rings. The van der Waals surface area contributed by atoms with Crippen LogP contribution in [0.15, 0.2) is 18.2 Å². The molecule has 0 aliphatic carbocycles. The first-order valence-electron chi connectivity index (χ1n) is 7.70. The molecule has 1 saturated heterocycles. The molecule has 3 rings (SSSR count). The minimum Gasteiger partial charge on any atom is -0.382 e. The van der Waals surface area contributed by atoms with E-state index in [0.717, 1.165) is 25.9 Å². The van der Waals surface area contributed by atoms with Crippen molar-refractivity contribution in [2.24, 2.45) is 5.73 Å². The Bertz CT molecular complexity index is 771. The summed E-state index contributed by atoms with van der Waals surface area (Å²) in [7, 11) is 6.14. The first-order valence-corrected chi connectivity index (χ1v) is 8.45. The molecular weight excluding hydrogens is 344 g/mol. The molecule has 5 nitrogen and oxygen atoms in total. The van der Waals surface area contributed by atoms with Crippen LogP contribution in [-0.2, 0) is 0 Å². The van der Waals surface area contributed by atoms with Crippen LogP contribution in [0.5, 0.6) is 0 Å². The van der Waals surface area contributed by atoms with Crippen LogP contribution >= 0.6 is 23.2 Å². The third-order valence-corrected chi connectivity index (χ3v) is 5.16. The van der Waals surface area contributed by atoms with Gasteiger partial charge in [0.05, 0.1) is 10.0 Å². The van der Waals surface area contributed by atoms with Gasteiger partial charge in [-0.3, -0.25) is 4.98 Å². The summed E-state index contributed by atoms with van der Waals surface area (Å²) >= 11 is 12.3. The first kappa shape index (κ1) is 17.3. The zero-order valence-corrected chi connectivity index (χ0v) is 14.9. The van der Waals surface area contributed by atoms with Gasteiger partial charge in [-0.2, -0.15) is 0 Å². The molecule has 8 heteroatoms. The average Bonchev–Trinajstić information content (AvgIpc) is 2.52. The smallest absolute Gasteiger partial charge is 0.152 e. The summed E-state index contributed by atoms with van der Waals surface area (Å²) in [6.45, 7) is 3.59. The molecule has 0 unspecified atom stereocenters. The molecule has 1 aromatic carbocycles. The Morgan fingerprint density at radius 3 is 2.54 bits per heavy atom. The third kappa shape index (κ3) is 3.32. The van der Waals surface area contributed by atoms with Crippen LogP contribution in [0, 0.1) is 0 Å². The molecule has 0 saturated carbocycles. The maximum atomic E-state index is 6.25. The van der Waals surface area contributed by atoms with Crippen molar-refractivity contribution in [2.75, 3.05) is 23.7 Å². The van der Waals surface area contributed by atoms with Crippen LogP contribution in [0.1, 0.15) is 19.8 Å². The van der Waals surface area contributed by atoms with Gasteiger partial charge in [-0.25, -0.2) is 4.98 Å². The van der Waals surface area contributed by atoms with Gasteiger partial charge in [0.15, 0.2) is 5.82 Å². The minimum absolute atomic E-state index is 0.154. The van der Waals surface area contributed by atoms with Gasteiger partial charge in [0.2, 0.25) is 0 Å². The average molecular weight is 362 g/mol. The van der Waals surface area contributed by atoms with Crippen molar-refractivity contribution >= 4 is 48.3 Å². The van der Waals surface area contributed by atoms with Crippen molar-refractivity contribution in [3.05, 3.63) is 28.2 Å². The van der Waals surface area contributed by atoms with Crippen LogP contribution in [0.2, 0.25) is 10.0 Å². The number of rotatable bonds is 2. The summed E-state index contributed by atoms with van der Waals surface area (Å²) < 4.78 is 0. The Morgan fingerprint density at radius 2 is 1.88 bits per heavy atom. The zero-order valence-electron chi connectivity index (χ0n) is 13.4. The fourth-order valence-corrected chi connectivity index (χ4v) is 3.19. The molecule has 2 aromatic rings. The van der Waals surface area contributed by atoms with E-state index in [4.69, 9.17) is 42.5 Å². The molecule has 1 aliphatic rings. The minimum atomic E-state index is -0.154. The van der Waals surface area contributed by atoms with Crippen LogP contribution in [-0.4, -0.2) is 36.4 Å². The zero-order chi connectivity index (χ0) is 17.5. The van der Waals surface area contributed by atoms with Crippen LogP contribution < -0.4 is 22.0 Å². The molecule has 0 spiro atoms. The summed E-state index contributed by atoms with van der Waals surface area (Å²) in [6, 6.07) is 5.27. The SMILES string of the molecule is [B]c1nc(-c2cccc(Cl)c2Cl)c(N)nc1N1CCC(C)(N)CC1. The fraction of sp³-hybridized carbons (Fsp3) is 0.375. The van der Waals surface area contributed by atoms with Crippen molar-refractivity contribution in [3.8, 4) is 11.3 Å². The lowest BCUT2D eigenvalue weighted by molar-refractivity contribution is 0.363. The van der Waals surface area contributed by atoms with E-state index in [1.165, 1.54) is 0 Å². The van der Waals surface area contributed by atoms with Crippen LogP contribution in [0.25, 0.3) is 11.3 Å². The molecular formula is C16H18BCl2N5. The lowest BCUT2D eigenvalue weighted by Crippen LogP contribution is -2.49. The van der Waals surface area contributed by atoms with Crippen molar-refractivity contribution in [1.82, 2.24) is 9.97 Å². The molecule has 24 heavy (non-hydrogen) atoms. The lowest BCUT2D eigenvalue weighted by Gasteiger charge is -2.38. The van der Waals surface area contributed by atoms with Gasteiger partial charge >= 0.3 is 0 Å². The summed E-state index contributed by atoms with van der Waals surface area (Å²) in [6.07, 6.45) is 1.71. The van der Waals surface area contributed by atoms with E-state index in [2.05, 4.69) is 21.8 Å². The third-order valence-electron chi connectivity index (χ3n) is 4.34. The predicted octanol–water partition coefficient (Wildman–Crippen LogP) is 2.14. The van der Waals surface area contributed by atoms with Gasteiger partial charge in [0, 0.05) is 29.8 Å². The van der Waals surface area contributed by atoms with Crippen LogP contribution in [0.4, 0.5) is 11.6 Å². The summed E-state index contributed by atoms with van der Waals surface area (Å²) in [5.74, 6) is 0.856. The highest BCUT2D eigenvalue weighted by atomic mass is 35.5. The number of nitrogen functional groups attached to an aromatic ring is 1. The van der Waals surface area contributed by atoms with Gasteiger partial charge < -0.3 is 16.4 Å². The van der Waals surface area contributed by atoms with Crippen molar-refractivity contribution in [3.63, 3.8) is 0 Å². The monoisotopic (exact) mass is 361 g/mol. The fourth-order valence-electron chi connectivity index (χ4n) is 2.80. The van der Waals surface area contributed by atoms with Gasteiger partial charge in [0.25, 0.3) is 0 Å². The molecule has 1 aliphatic heterocycles. The highest BCUT2D eigenvalue weighted by Crippen LogP contribution is 2.34. The normalized spacial score (nSPS) is 17.1. The Kier molecular flexibility index (Phi) is 4.64. The number of hydrogen-bond donors (Lipinski definition) is 2.